The van der Waals surface area contributed by atoms with Crippen LogP contribution in [-0.2, 0) is 0 Å². The molecule has 0 aliphatic rings. The lowest BCUT2D eigenvalue weighted by atomic mass is 10.1. The van der Waals surface area contributed by atoms with Gasteiger partial charge in [-0.15, -0.1) is 0 Å². The van der Waals surface area contributed by atoms with Gasteiger partial charge in [0, 0.05) is 24.3 Å². The summed E-state index contributed by atoms with van der Waals surface area (Å²) in [5, 5.41) is 6.61. The van der Waals surface area contributed by atoms with Gasteiger partial charge in [0.2, 0.25) is 5.91 Å². The van der Waals surface area contributed by atoms with E-state index in [9.17, 15) is 4.79 Å². The fraction of sp³-hybridized carbons (Fsp3) is 0.462. The minimum atomic E-state index is -0.376. The van der Waals surface area contributed by atoms with E-state index in [1.165, 1.54) is 0 Å². The third-order valence-electron chi connectivity index (χ3n) is 2.55. The van der Waals surface area contributed by atoms with Crippen molar-refractivity contribution in [1.82, 2.24) is 5.32 Å². The van der Waals surface area contributed by atoms with E-state index >= 15 is 0 Å². The Balaban J connectivity index is 2.45. The van der Waals surface area contributed by atoms with Gasteiger partial charge in [0.05, 0.1) is 0 Å². The van der Waals surface area contributed by atoms with Crippen molar-refractivity contribution >= 4 is 11.6 Å². The van der Waals surface area contributed by atoms with E-state index in [-0.39, 0.29) is 5.91 Å². The van der Waals surface area contributed by atoms with Gasteiger partial charge >= 0.3 is 0 Å². The molecule has 17 heavy (non-hydrogen) atoms. The van der Waals surface area contributed by atoms with Crippen LogP contribution in [0.25, 0.3) is 0 Å². The molecule has 0 bridgehead atoms. The SMILES string of the molecule is CCCNCCNc1ccc(C(N)=O)c(C)c1. The molecule has 1 aromatic rings. The first kappa shape index (κ1) is 13.5. The van der Waals surface area contributed by atoms with Crippen LogP contribution < -0.4 is 16.4 Å². The maximum Gasteiger partial charge on any atom is 0.248 e. The van der Waals surface area contributed by atoms with Crippen LogP contribution in [0.1, 0.15) is 29.3 Å². The molecule has 94 valence electrons. The number of rotatable bonds is 7. The number of aryl methyl sites for hydroxylation is 1. The summed E-state index contributed by atoms with van der Waals surface area (Å²) in [4.78, 5) is 11.1. The van der Waals surface area contributed by atoms with Gasteiger partial charge in [-0.1, -0.05) is 6.92 Å². The van der Waals surface area contributed by atoms with Gasteiger partial charge in [-0.2, -0.15) is 0 Å². The van der Waals surface area contributed by atoms with Crippen LogP contribution in [0.5, 0.6) is 0 Å². The number of carbonyl (C=O) groups excluding carboxylic acids is 1. The average molecular weight is 235 g/mol. The molecule has 0 spiro atoms. The molecule has 0 saturated heterocycles. The number of carbonyl (C=O) groups is 1. The maximum absolute atomic E-state index is 11.1. The third-order valence-corrected chi connectivity index (χ3v) is 2.55. The zero-order chi connectivity index (χ0) is 12.7. The predicted octanol–water partition coefficient (Wildman–Crippen LogP) is 1.51. The molecular weight excluding hydrogens is 214 g/mol. The number of benzene rings is 1. The molecule has 0 saturated carbocycles. The number of amides is 1. The lowest BCUT2D eigenvalue weighted by Crippen LogP contribution is -2.22. The second-order valence-electron chi connectivity index (χ2n) is 4.07. The van der Waals surface area contributed by atoms with Crippen LogP contribution in [0.15, 0.2) is 18.2 Å². The molecule has 0 aromatic heterocycles. The molecule has 1 amide bonds. The Morgan fingerprint density at radius 2 is 2.06 bits per heavy atom. The lowest BCUT2D eigenvalue weighted by Gasteiger charge is -2.09. The zero-order valence-corrected chi connectivity index (χ0v) is 10.5. The molecule has 1 rings (SSSR count). The second kappa shape index (κ2) is 6.91. The van der Waals surface area contributed by atoms with Gasteiger partial charge in [-0.05, 0) is 43.7 Å². The largest absolute Gasteiger partial charge is 0.384 e. The van der Waals surface area contributed by atoms with Crippen molar-refractivity contribution in [2.45, 2.75) is 20.3 Å². The molecule has 4 N–H and O–H groups in total. The summed E-state index contributed by atoms with van der Waals surface area (Å²) in [7, 11) is 0. The second-order valence-corrected chi connectivity index (χ2v) is 4.07. The highest BCUT2D eigenvalue weighted by Crippen LogP contribution is 2.14. The molecule has 4 nitrogen and oxygen atoms in total. The summed E-state index contributed by atoms with van der Waals surface area (Å²) >= 11 is 0. The number of nitrogens with two attached hydrogens (primary N) is 1. The third kappa shape index (κ3) is 4.44. The summed E-state index contributed by atoms with van der Waals surface area (Å²) in [6, 6.07) is 5.59. The van der Waals surface area contributed by atoms with E-state index in [2.05, 4.69) is 17.6 Å². The van der Waals surface area contributed by atoms with E-state index in [4.69, 9.17) is 5.73 Å². The molecular formula is C13H21N3O. The van der Waals surface area contributed by atoms with Gasteiger partial charge in [0.25, 0.3) is 0 Å². The van der Waals surface area contributed by atoms with Crippen molar-refractivity contribution in [3.05, 3.63) is 29.3 Å². The zero-order valence-electron chi connectivity index (χ0n) is 10.5. The highest BCUT2D eigenvalue weighted by atomic mass is 16.1. The molecule has 1 aromatic carbocycles. The first-order valence-corrected chi connectivity index (χ1v) is 6.00. The average Bonchev–Trinajstić information content (AvgIpc) is 2.28. The molecule has 0 radical (unpaired) electrons. The monoisotopic (exact) mass is 235 g/mol. The smallest absolute Gasteiger partial charge is 0.248 e. The first-order valence-electron chi connectivity index (χ1n) is 6.00. The maximum atomic E-state index is 11.1. The molecule has 0 atom stereocenters. The molecule has 0 aliphatic carbocycles. The highest BCUT2D eigenvalue weighted by Gasteiger charge is 2.04. The summed E-state index contributed by atoms with van der Waals surface area (Å²) in [6.45, 7) is 6.88. The Morgan fingerprint density at radius 3 is 2.65 bits per heavy atom. The predicted molar refractivity (Wildman–Crippen MR) is 71.3 cm³/mol. The summed E-state index contributed by atoms with van der Waals surface area (Å²) in [6.07, 6.45) is 1.15. The number of hydrogen-bond donors (Lipinski definition) is 3. The summed E-state index contributed by atoms with van der Waals surface area (Å²) in [5.74, 6) is -0.376. The number of primary amides is 1. The Hall–Kier alpha value is -1.55. The van der Waals surface area contributed by atoms with Gasteiger partial charge < -0.3 is 16.4 Å². The Morgan fingerprint density at radius 1 is 1.29 bits per heavy atom. The van der Waals surface area contributed by atoms with Crippen LogP contribution in [0.3, 0.4) is 0 Å². The van der Waals surface area contributed by atoms with Gasteiger partial charge in [0.15, 0.2) is 0 Å². The van der Waals surface area contributed by atoms with Gasteiger partial charge in [0.1, 0.15) is 0 Å². The van der Waals surface area contributed by atoms with Crippen LogP contribution in [0.4, 0.5) is 5.69 Å². The van der Waals surface area contributed by atoms with Crippen molar-refractivity contribution in [3.63, 3.8) is 0 Å². The van der Waals surface area contributed by atoms with E-state index < -0.39 is 0 Å². The van der Waals surface area contributed by atoms with E-state index in [1.54, 1.807) is 6.07 Å². The van der Waals surface area contributed by atoms with E-state index in [0.717, 1.165) is 37.3 Å². The Bertz CT molecular complexity index is 377. The quantitative estimate of drug-likeness (QED) is 0.627. The fourth-order valence-electron chi connectivity index (χ4n) is 1.65. The first-order chi connectivity index (χ1) is 8.15. The molecule has 0 heterocycles. The van der Waals surface area contributed by atoms with E-state index in [0.29, 0.717) is 5.56 Å². The normalized spacial score (nSPS) is 10.2. The molecule has 0 fully saturated rings. The number of hydrogen-bond acceptors (Lipinski definition) is 3. The fourth-order valence-corrected chi connectivity index (χ4v) is 1.65. The number of anilines is 1. The molecule has 0 aliphatic heterocycles. The van der Waals surface area contributed by atoms with Gasteiger partial charge in [-0.3, -0.25) is 4.79 Å². The van der Waals surface area contributed by atoms with E-state index in [1.807, 2.05) is 19.1 Å². The van der Waals surface area contributed by atoms with Crippen molar-refractivity contribution < 1.29 is 4.79 Å². The lowest BCUT2D eigenvalue weighted by molar-refractivity contribution is 0.1000. The van der Waals surface area contributed by atoms with Crippen LogP contribution in [0, 0.1) is 6.92 Å². The van der Waals surface area contributed by atoms with Crippen molar-refractivity contribution in [3.8, 4) is 0 Å². The summed E-state index contributed by atoms with van der Waals surface area (Å²) in [5.41, 5.74) is 7.76. The minimum absolute atomic E-state index is 0.376. The van der Waals surface area contributed by atoms with Crippen LogP contribution >= 0.6 is 0 Å². The highest BCUT2D eigenvalue weighted by molar-refractivity contribution is 5.94. The summed E-state index contributed by atoms with van der Waals surface area (Å²) < 4.78 is 0. The topological polar surface area (TPSA) is 67.2 Å². The Labute approximate surface area is 103 Å². The molecule has 4 heteroatoms. The Kier molecular flexibility index (Phi) is 5.49. The molecule has 0 unspecified atom stereocenters. The van der Waals surface area contributed by atoms with Crippen molar-refractivity contribution in [1.29, 1.82) is 0 Å². The van der Waals surface area contributed by atoms with Crippen molar-refractivity contribution in [2.75, 3.05) is 25.0 Å². The minimum Gasteiger partial charge on any atom is -0.384 e. The van der Waals surface area contributed by atoms with Crippen LogP contribution in [-0.4, -0.2) is 25.5 Å². The van der Waals surface area contributed by atoms with Crippen molar-refractivity contribution in [2.24, 2.45) is 5.73 Å². The van der Waals surface area contributed by atoms with Gasteiger partial charge in [-0.25, -0.2) is 0 Å². The standard InChI is InChI=1S/C13H21N3O/c1-3-6-15-7-8-16-11-4-5-12(13(14)17)10(2)9-11/h4-5,9,15-16H,3,6-8H2,1-2H3,(H2,14,17). The van der Waals surface area contributed by atoms with Crippen LogP contribution in [0.2, 0.25) is 0 Å². The number of nitrogens with one attached hydrogen (secondary N) is 2.